The topological polar surface area (TPSA) is 58.6 Å². The lowest BCUT2D eigenvalue weighted by Gasteiger charge is -2.46. The van der Waals surface area contributed by atoms with Crippen LogP contribution in [0.25, 0.3) is 6.08 Å². The molecule has 0 saturated carbocycles. The second-order valence-corrected chi connectivity index (χ2v) is 6.28. The SMILES string of the molecule is COC(=O)/C=C(\C)N[C@H]1C(=O)N(c2ccccc2)[C@H]1/C=C/c1ccccc1. The van der Waals surface area contributed by atoms with Crippen molar-refractivity contribution in [1.82, 2.24) is 5.32 Å². The Morgan fingerprint density at radius 3 is 2.33 bits per heavy atom. The number of anilines is 1. The van der Waals surface area contributed by atoms with Gasteiger partial charge in [-0.15, -0.1) is 0 Å². The zero-order chi connectivity index (χ0) is 19.2. The monoisotopic (exact) mass is 362 g/mol. The summed E-state index contributed by atoms with van der Waals surface area (Å²) < 4.78 is 4.64. The van der Waals surface area contributed by atoms with Gasteiger partial charge in [-0.1, -0.05) is 60.7 Å². The smallest absolute Gasteiger partial charge is 0.332 e. The van der Waals surface area contributed by atoms with Crippen LogP contribution in [0.2, 0.25) is 0 Å². The molecule has 0 aliphatic carbocycles. The van der Waals surface area contributed by atoms with Gasteiger partial charge in [0.2, 0.25) is 0 Å². The van der Waals surface area contributed by atoms with Crippen LogP contribution in [0, 0.1) is 0 Å². The number of rotatable bonds is 6. The molecule has 2 atom stereocenters. The van der Waals surface area contributed by atoms with Gasteiger partial charge in [0.05, 0.1) is 13.2 Å². The van der Waals surface area contributed by atoms with Gasteiger partial charge in [0.1, 0.15) is 6.04 Å². The highest BCUT2D eigenvalue weighted by molar-refractivity contribution is 6.06. The standard InChI is InChI=1S/C22H22N2O3/c1-16(15-20(25)27-2)23-21-19(14-13-17-9-5-3-6-10-17)24(22(21)26)18-11-7-4-8-12-18/h3-15,19,21,23H,1-2H3/b14-13+,16-15+/t19-,21+/m0/s1. The van der Waals surface area contributed by atoms with Gasteiger partial charge < -0.3 is 15.0 Å². The van der Waals surface area contributed by atoms with Crippen molar-refractivity contribution >= 4 is 23.6 Å². The number of para-hydroxylation sites is 1. The third kappa shape index (κ3) is 4.26. The Morgan fingerprint density at radius 2 is 1.70 bits per heavy atom. The number of hydrogen-bond acceptors (Lipinski definition) is 4. The fourth-order valence-corrected chi connectivity index (χ4v) is 3.04. The van der Waals surface area contributed by atoms with E-state index in [4.69, 9.17) is 0 Å². The van der Waals surface area contributed by atoms with Crippen molar-refractivity contribution < 1.29 is 14.3 Å². The van der Waals surface area contributed by atoms with Gasteiger partial charge in [-0.25, -0.2) is 4.79 Å². The Labute approximate surface area is 158 Å². The maximum atomic E-state index is 12.8. The third-order valence-corrected chi connectivity index (χ3v) is 4.38. The summed E-state index contributed by atoms with van der Waals surface area (Å²) >= 11 is 0. The summed E-state index contributed by atoms with van der Waals surface area (Å²) in [5.41, 5.74) is 2.49. The van der Waals surface area contributed by atoms with Crippen LogP contribution in [0.1, 0.15) is 12.5 Å². The van der Waals surface area contributed by atoms with E-state index in [0.717, 1.165) is 11.3 Å². The molecule has 0 bridgehead atoms. The van der Waals surface area contributed by atoms with E-state index in [-0.39, 0.29) is 11.9 Å². The average molecular weight is 362 g/mol. The van der Waals surface area contributed by atoms with E-state index >= 15 is 0 Å². The van der Waals surface area contributed by atoms with Gasteiger partial charge in [0, 0.05) is 17.5 Å². The van der Waals surface area contributed by atoms with Crippen LogP contribution in [0.4, 0.5) is 5.69 Å². The molecule has 0 radical (unpaired) electrons. The Kier molecular flexibility index (Phi) is 5.71. The minimum Gasteiger partial charge on any atom is -0.466 e. The summed E-state index contributed by atoms with van der Waals surface area (Å²) in [5, 5.41) is 3.14. The zero-order valence-electron chi connectivity index (χ0n) is 15.3. The minimum absolute atomic E-state index is 0.0403. The molecule has 3 rings (SSSR count). The van der Waals surface area contributed by atoms with Crippen molar-refractivity contribution in [2.75, 3.05) is 12.0 Å². The molecule has 1 heterocycles. The number of ether oxygens (including phenoxy) is 1. The van der Waals surface area contributed by atoms with Crippen LogP contribution in [0.15, 0.2) is 78.5 Å². The summed E-state index contributed by atoms with van der Waals surface area (Å²) in [6.07, 6.45) is 5.35. The zero-order valence-corrected chi connectivity index (χ0v) is 15.3. The second kappa shape index (κ2) is 8.36. The molecule has 0 unspecified atom stereocenters. The van der Waals surface area contributed by atoms with Crippen molar-refractivity contribution in [3.63, 3.8) is 0 Å². The minimum atomic E-state index is -0.455. The maximum absolute atomic E-state index is 12.8. The number of nitrogens with zero attached hydrogens (tertiary/aromatic N) is 1. The second-order valence-electron chi connectivity index (χ2n) is 6.28. The van der Waals surface area contributed by atoms with Crippen molar-refractivity contribution in [1.29, 1.82) is 0 Å². The number of amides is 1. The van der Waals surface area contributed by atoms with E-state index < -0.39 is 12.0 Å². The van der Waals surface area contributed by atoms with Gasteiger partial charge in [-0.3, -0.25) is 4.79 Å². The van der Waals surface area contributed by atoms with E-state index in [1.807, 2.05) is 72.8 Å². The normalized spacial score (nSPS) is 19.7. The van der Waals surface area contributed by atoms with Crippen molar-refractivity contribution in [2.24, 2.45) is 0 Å². The molecule has 1 aliphatic rings. The predicted octanol–water partition coefficient (Wildman–Crippen LogP) is 3.15. The van der Waals surface area contributed by atoms with Crippen LogP contribution >= 0.6 is 0 Å². The van der Waals surface area contributed by atoms with Crippen molar-refractivity contribution in [3.8, 4) is 0 Å². The third-order valence-electron chi connectivity index (χ3n) is 4.38. The molecule has 2 aromatic carbocycles. The fraction of sp³-hybridized carbons (Fsp3) is 0.182. The number of allylic oxidation sites excluding steroid dienone is 1. The van der Waals surface area contributed by atoms with E-state index in [0.29, 0.717) is 5.70 Å². The van der Waals surface area contributed by atoms with Crippen molar-refractivity contribution in [2.45, 2.75) is 19.0 Å². The summed E-state index contributed by atoms with van der Waals surface area (Å²) in [6.45, 7) is 1.74. The molecule has 5 nitrogen and oxygen atoms in total. The summed E-state index contributed by atoms with van der Waals surface area (Å²) in [7, 11) is 1.32. The highest BCUT2D eigenvalue weighted by Crippen LogP contribution is 2.30. The molecule has 5 heteroatoms. The fourth-order valence-electron chi connectivity index (χ4n) is 3.04. The molecule has 0 aromatic heterocycles. The molecule has 1 fully saturated rings. The van der Waals surface area contributed by atoms with Crippen LogP contribution in [-0.2, 0) is 14.3 Å². The van der Waals surface area contributed by atoms with Gasteiger partial charge >= 0.3 is 5.97 Å². The summed E-state index contributed by atoms with van der Waals surface area (Å²) in [5.74, 6) is -0.496. The Bertz CT molecular complexity index is 860. The highest BCUT2D eigenvalue weighted by Gasteiger charge is 2.46. The lowest BCUT2D eigenvalue weighted by atomic mass is 9.92. The van der Waals surface area contributed by atoms with E-state index in [1.165, 1.54) is 13.2 Å². The Hall–Kier alpha value is -3.34. The number of carbonyl (C=O) groups excluding carboxylic acids is 2. The molecule has 138 valence electrons. The Morgan fingerprint density at radius 1 is 1.07 bits per heavy atom. The number of β-lactam (4-membered cyclic amide) rings is 1. The van der Waals surface area contributed by atoms with Crippen LogP contribution in [-0.4, -0.2) is 31.1 Å². The number of nitrogens with one attached hydrogen (secondary N) is 1. The Balaban J connectivity index is 1.83. The molecule has 1 aliphatic heterocycles. The lowest BCUT2D eigenvalue weighted by Crippen LogP contribution is -2.69. The highest BCUT2D eigenvalue weighted by atomic mass is 16.5. The molecule has 1 amide bonds. The van der Waals surface area contributed by atoms with E-state index in [9.17, 15) is 9.59 Å². The maximum Gasteiger partial charge on any atom is 0.332 e. The first kappa shape index (κ1) is 18.5. The van der Waals surface area contributed by atoms with Crippen LogP contribution in [0.3, 0.4) is 0 Å². The first-order chi connectivity index (χ1) is 13.1. The largest absolute Gasteiger partial charge is 0.466 e. The lowest BCUT2D eigenvalue weighted by molar-refractivity contribution is -0.135. The first-order valence-corrected chi connectivity index (χ1v) is 8.74. The van der Waals surface area contributed by atoms with E-state index in [1.54, 1.807) is 11.8 Å². The predicted molar refractivity (Wildman–Crippen MR) is 106 cm³/mol. The molecule has 2 aromatic rings. The number of benzene rings is 2. The van der Waals surface area contributed by atoms with Gasteiger partial charge in [0.25, 0.3) is 5.91 Å². The quantitative estimate of drug-likeness (QED) is 0.487. The summed E-state index contributed by atoms with van der Waals surface area (Å²) in [4.78, 5) is 25.9. The number of esters is 1. The average Bonchev–Trinajstić information content (AvgIpc) is 2.70. The molecular weight excluding hydrogens is 340 g/mol. The molecule has 0 spiro atoms. The molecule has 1 N–H and O–H groups in total. The van der Waals surface area contributed by atoms with Crippen LogP contribution < -0.4 is 10.2 Å². The van der Waals surface area contributed by atoms with Gasteiger partial charge in [0.15, 0.2) is 0 Å². The summed E-state index contributed by atoms with van der Waals surface area (Å²) in [6, 6.07) is 18.9. The van der Waals surface area contributed by atoms with Crippen LogP contribution in [0.5, 0.6) is 0 Å². The van der Waals surface area contributed by atoms with E-state index in [2.05, 4.69) is 10.1 Å². The number of carbonyl (C=O) groups is 2. The number of hydrogen-bond donors (Lipinski definition) is 1. The molecular formula is C22H22N2O3. The first-order valence-electron chi connectivity index (χ1n) is 8.74. The van der Waals surface area contributed by atoms with Crippen molar-refractivity contribution in [3.05, 3.63) is 84.1 Å². The van der Waals surface area contributed by atoms with Gasteiger partial charge in [-0.2, -0.15) is 0 Å². The molecule has 1 saturated heterocycles. The van der Waals surface area contributed by atoms with Gasteiger partial charge in [-0.05, 0) is 24.6 Å². The number of methoxy groups -OCH3 is 1. The molecule has 27 heavy (non-hydrogen) atoms.